The molecule has 0 unspecified atom stereocenters. The minimum absolute atomic E-state index is 0.146. The van der Waals surface area contributed by atoms with Gasteiger partial charge in [0.1, 0.15) is 4.90 Å². The molecule has 1 N–H and O–H groups in total. The summed E-state index contributed by atoms with van der Waals surface area (Å²) in [4.78, 5) is 0.196. The van der Waals surface area contributed by atoms with Gasteiger partial charge in [-0.1, -0.05) is 19.0 Å². The van der Waals surface area contributed by atoms with Crippen LogP contribution in [0.5, 0.6) is 0 Å². The Morgan fingerprint density at radius 1 is 1.18 bits per heavy atom. The van der Waals surface area contributed by atoms with Crippen LogP contribution in [-0.2, 0) is 16.6 Å². The molecule has 0 aromatic carbocycles. The Hall–Kier alpha value is -1.83. The third kappa shape index (κ3) is 3.01. The molecule has 122 valence electrons. The molecule has 22 heavy (non-hydrogen) atoms. The molecule has 0 atom stereocenters. The van der Waals surface area contributed by atoms with Gasteiger partial charge in [0, 0.05) is 12.1 Å². The number of nitrogens with zero attached hydrogens (tertiary/aromatic N) is 3. The Labute approximate surface area is 130 Å². The molecule has 0 amide bonds. The summed E-state index contributed by atoms with van der Waals surface area (Å²) >= 11 is 0. The maximum Gasteiger partial charge on any atom is 0.267 e. The summed E-state index contributed by atoms with van der Waals surface area (Å²) < 4.78 is 34.5. The van der Waals surface area contributed by atoms with Crippen molar-refractivity contribution in [3.8, 4) is 0 Å². The van der Waals surface area contributed by atoms with E-state index in [4.69, 9.17) is 4.52 Å². The minimum atomic E-state index is -3.77. The molecule has 0 aliphatic rings. The zero-order chi connectivity index (χ0) is 16.7. The molecule has 0 aliphatic heterocycles. The molecule has 0 saturated carbocycles. The summed E-state index contributed by atoms with van der Waals surface area (Å²) in [6, 6.07) is 0. The van der Waals surface area contributed by atoms with Crippen LogP contribution in [0.25, 0.3) is 0 Å². The van der Waals surface area contributed by atoms with E-state index in [1.165, 1.54) is 0 Å². The summed E-state index contributed by atoms with van der Waals surface area (Å²) in [7, 11) is -3.77. The molecule has 2 aromatic rings. The molecule has 0 aliphatic carbocycles. The second kappa shape index (κ2) is 5.75. The summed E-state index contributed by atoms with van der Waals surface area (Å²) in [5.41, 5.74) is 2.42. The van der Waals surface area contributed by atoms with E-state index in [2.05, 4.69) is 28.8 Å². The van der Waals surface area contributed by atoms with Crippen molar-refractivity contribution in [1.82, 2.24) is 14.9 Å². The van der Waals surface area contributed by atoms with E-state index in [-0.39, 0.29) is 10.8 Å². The fourth-order valence-corrected chi connectivity index (χ4v) is 3.74. The van der Waals surface area contributed by atoms with Gasteiger partial charge >= 0.3 is 0 Å². The zero-order valence-electron chi connectivity index (χ0n) is 13.8. The Morgan fingerprint density at radius 2 is 1.82 bits per heavy atom. The van der Waals surface area contributed by atoms with E-state index in [1.807, 2.05) is 0 Å². The molecule has 0 radical (unpaired) electrons. The highest BCUT2D eigenvalue weighted by molar-refractivity contribution is 7.92. The quantitative estimate of drug-likeness (QED) is 0.912. The molecule has 2 aromatic heterocycles. The van der Waals surface area contributed by atoms with Crippen LogP contribution in [0.2, 0.25) is 0 Å². The normalized spacial score (nSPS) is 12.1. The molecule has 2 heterocycles. The predicted octanol–water partition coefficient (Wildman–Crippen LogP) is 2.56. The highest BCUT2D eigenvalue weighted by Crippen LogP contribution is 2.25. The lowest BCUT2D eigenvalue weighted by atomic mass is 10.2. The lowest BCUT2D eigenvalue weighted by molar-refractivity contribution is 0.430. The number of sulfonamides is 1. The van der Waals surface area contributed by atoms with Crippen LogP contribution < -0.4 is 4.72 Å². The van der Waals surface area contributed by atoms with Gasteiger partial charge in [0.2, 0.25) is 5.88 Å². The van der Waals surface area contributed by atoms with Crippen LogP contribution in [0.15, 0.2) is 9.42 Å². The van der Waals surface area contributed by atoms with Gasteiger partial charge < -0.3 is 4.52 Å². The standard InChI is InChI=1S/C14H22N4O3S/c1-8(2)7-18-12(6)13(11(5)15-18)22(19,20)17-14-9(3)10(4)16-21-14/h8,17H,7H2,1-6H3. The summed E-state index contributed by atoms with van der Waals surface area (Å²) in [5.74, 6) is 0.522. The number of anilines is 1. The van der Waals surface area contributed by atoms with Crippen molar-refractivity contribution >= 4 is 15.9 Å². The van der Waals surface area contributed by atoms with Crippen LogP contribution in [-0.4, -0.2) is 23.4 Å². The largest absolute Gasteiger partial charge is 0.337 e. The second-order valence-corrected chi connectivity index (χ2v) is 7.52. The maximum atomic E-state index is 12.7. The van der Waals surface area contributed by atoms with E-state index in [1.54, 1.807) is 32.4 Å². The third-order valence-corrected chi connectivity index (χ3v) is 5.09. The second-order valence-electron chi connectivity index (χ2n) is 5.90. The van der Waals surface area contributed by atoms with Gasteiger partial charge in [-0.3, -0.25) is 4.68 Å². The molecular formula is C14H22N4O3S. The van der Waals surface area contributed by atoms with E-state index in [0.717, 1.165) is 0 Å². The van der Waals surface area contributed by atoms with Gasteiger partial charge in [0.05, 0.1) is 17.1 Å². The summed E-state index contributed by atoms with van der Waals surface area (Å²) in [6.45, 7) is 11.8. The van der Waals surface area contributed by atoms with Gasteiger partial charge in [-0.2, -0.15) is 5.10 Å². The van der Waals surface area contributed by atoms with Crippen molar-refractivity contribution in [2.45, 2.75) is 53.0 Å². The number of aromatic nitrogens is 3. The first-order valence-corrected chi connectivity index (χ1v) is 8.61. The van der Waals surface area contributed by atoms with Crippen molar-refractivity contribution < 1.29 is 12.9 Å². The monoisotopic (exact) mass is 326 g/mol. The lowest BCUT2D eigenvalue weighted by Gasteiger charge is -2.09. The minimum Gasteiger partial charge on any atom is -0.337 e. The Morgan fingerprint density at radius 3 is 2.32 bits per heavy atom. The van der Waals surface area contributed by atoms with Gasteiger partial charge in [-0.05, 0) is 33.6 Å². The molecule has 0 saturated heterocycles. The SMILES string of the molecule is Cc1noc(NS(=O)(=O)c2c(C)nn(CC(C)C)c2C)c1C. The van der Waals surface area contributed by atoms with Gasteiger partial charge in [0.25, 0.3) is 10.0 Å². The number of hydrogen-bond donors (Lipinski definition) is 1. The van der Waals surface area contributed by atoms with Crippen LogP contribution in [0.1, 0.15) is 36.5 Å². The molecule has 8 heteroatoms. The first-order chi connectivity index (χ1) is 10.1. The number of nitrogens with one attached hydrogen (secondary N) is 1. The third-order valence-electron chi connectivity index (χ3n) is 3.51. The maximum absolute atomic E-state index is 12.7. The molecule has 2 rings (SSSR count). The number of rotatable bonds is 5. The lowest BCUT2D eigenvalue weighted by Crippen LogP contribution is -2.15. The number of aryl methyl sites for hydroxylation is 2. The van der Waals surface area contributed by atoms with Crippen LogP contribution in [0, 0.1) is 33.6 Å². The van der Waals surface area contributed by atoms with Crippen LogP contribution >= 0.6 is 0 Å². The van der Waals surface area contributed by atoms with E-state index < -0.39 is 10.0 Å². The number of hydrogen-bond acceptors (Lipinski definition) is 5. The highest BCUT2D eigenvalue weighted by atomic mass is 32.2. The van der Waals surface area contributed by atoms with E-state index in [9.17, 15) is 8.42 Å². The molecule has 0 bridgehead atoms. The Balaban J connectivity index is 2.42. The molecular weight excluding hydrogens is 304 g/mol. The van der Waals surface area contributed by atoms with E-state index >= 15 is 0 Å². The van der Waals surface area contributed by atoms with Gasteiger partial charge in [0.15, 0.2) is 0 Å². The fraction of sp³-hybridized carbons (Fsp3) is 0.571. The van der Waals surface area contributed by atoms with Crippen LogP contribution in [0.4, 0.5) is 5.88 Å². The van der Waals surface area contributed by atoms with Gasteiger partial charge in [-0.15, -0.1) is 0 Å². The Kier molecular flexibility index (Phi) is 4.32. The highest BCUT2D eigenvalue weighted by Gasteiger charge is 2.27. The predicted molar refractivity (Wildman–Crippen MR) is 83.3 cm³/mol. The fourth-order valence-electron chi connectivity index (χ4n) is 2.28. The van der Waals surface area contributed by atoms with Crippen molar-refractivity contribution in [3.05, 3.63) is 22.6 Å². The van der Waals surface area contributed by atoms with Crippen molar-refractivity contribution in [2.75, 3.05) is 4.72 Å². The summed E-state index contributed by atoms with van der Waals surface area (Å²) in [6.07, 6.45) is 0. The average Bonchev–Trinajstić information content (AvgIpc) is 2.83. The first kappa shape index (κ1) is 16.5. The van der Waals surface area contributed by atoms with E-state index in [0.29, 0.717) is 35.1 Å². The van der Waals surface area contributed by atoms with Crippen LogP contribution in [0.3, 0.4) is 0 Å². The topological polar surface area (TPSA) is 90.0 Å². The van der Waals surface area contributed by atoms with Crippen molar-refractivity contribution in [2.24, 2.45) is 5.92 Å². The molecule has 7 nitrogen and oxygen atoms in total. The smallest absolute Gasteiger partial charge is 0.267 e. The van der Waals surface area contributed by atoms with Gasteiger partial charge in [-0.25, -0.2) is 13.1 Å². The summed E-state index contributed by atoms with van der Waals surface area (Å²) in [5, 5.41) is 8.10. The molecule has 0 spiro atoms. The zero-order valence-corrected chi connectivity index (χ0v) is 14.6. The average molecular weight is 326 g/mol. The molecule has 0 fully saturated rings. The Bertz CT molecular complexity index is 787. The van der Waals surface area contributed by atoms with Crippen molar-refractivity contribution in [1.29, 1.82) is 0 Å². The first-order valence-electron chi connectivity index (χ1n) is 7.13. The van der Waals surface area contributed by atoms with Crippen molar-refractivity contribution in [3.63, 3.8) is 0 Å².